The summed E-state index contributed by atoms with van der Waals surface area (Å²) in [6, 6.07) is 2.41. The fourth-order valence-corrected chi connectivity index (χ4v) is 3.35. The van der Waals surface area contributed by atoms with E-state index < -0.39 is 17.9 Å². The van der Waals surface area contributed by atoms with Gasteiger partial charge in [0.25, 0.3) is 5.91 Å². The van der Waals surface area contributed by atoms with Gasteiger partial charge in [0.1, 0.15) is 16.9 Å². The Balaban J connectivity index is 2.26. The van der Waals surface area contributed by atoms with Crippen molar-refractivity contribution >= 4 is 46.8 Å². The summed E-state index contributed by atoms with van der Waals surface area (Å²) in [5.41, 5.74) is 0.0605. The second kappa shape index (κ2) is 7.33. The van der Waals surface area contributed by atoms with Crippen molar-refractivity contribution < 1.29 is 14.3 Å². The van der Waals surface area contributed by atoms with Gasteiger partial charge in [-0.25, -0.2) is 9.78 Å². The molecule has 0 aromatic carbocycles. The van der Waals surface area contributed by atoms with Crippen LogP contribution < -0.4 is 0 Å². The van der Waals surface area contributed by atoms with Crippen LogP contribution in [0.2, 0.25) is 10.2 Å². The van der Waals surface area contributed by atoms with E-state index in [-0.39, 0.29) is 22.5 Å². The SMILES string of the molecule is CCOC(=O)C1CSCCN1C(=O)c1nc(Cl)ccc1Cl. The van der Waals surface area contributed by atoms with Crippen LogP contribution in [0.25, 0.3) is 0 Å². The van der Waals surface area contributed by atoms with Crippen molar-refractivity contribution in [3.05, 3.63) is 28.0 Å². The zero-order valence-corrected chi connectivity index (χ0v) is 13.7. The van der Waals surface area contributed by atoms with Crippen molar-refractivity contribution in [3.8, 4) is 0 Å². The Kier molecular flexibility index (Phi) is 5.72. The van der Waals surface area contributed by atoms with Crippen molar-refractivity contribution in [2.45, 2.75) is 13.0 Å². The molecule has 0 N–H and O–H groups in total. The molecule has 1 atom stereocenters. The molecule has 0 aliphatic carbocycles. The molecule has 0 bridgehead atoms. The Morgan fingerprint density at radius 2 is 2.24 bits per heavy atom. The maximum atomic E-state index is 12.6. The number of carbonyl (C=O) groups excluding carboxylic acids is 2. The average molecular weight is 349 g/mol. The molecule has 1 aromatic heterocycles. The molecule has 1 aliphatic rings. The number of hydrogen-bond donors (Lipinski definition) is 0. The number of esters is 1. The third kappa shape index (κ3) is 3.81. The molecule has 0 radical (unpaired) electrons. The van der Waals surface area contributed by atoms with E-state index >= 15 is 0 Å². The lowest BCUT2D eigenvalue weighted by atomic mass is 10.2. The number of nitrogens with zero attached hydrogens (tertiary/aromatic N) is 2. The largest absolute Gasteiger partial charge is 0.464 e. The first-order valence-corrected chi connectivity index (χ1v) is 8.33. The summed E-state index contributed by atoms with van der Waals surface area (Å²) in [6.07, 6.45) is 0. The molecular formula is C13H14Cl2N2O3S. The van der Waals surface area contributed by atoms with Crippen molar-refractivity contribution in [2.24, 2.45) is 0 Å². The van der Waals surface area contributed by atoms with Crippen LogP contribution in [0.5, 0.6) is 0 Å². The lowest BCUT2D eigenvalue weighted by Crippen LogP contribution is -2.51. The zero-order chi connectivity index (χ0) is 15.4. The Bertz CT molecular complexity index is 556. The molecule has 1 fully saturated rings. The van der Waals surface area contributed by atoms with Crippen LogP contribution in [-0.4, -0.2) is 52.5 Å². The number of thioether (sulfide) groups is 1. The van der Waals surface area contributed by atoms with Crippen molar-refractivity contribution in [1.82, 2.24) is 9.88 Å². The van der Waals surface area contributed by atoms with E-state index in [1.165, 1.54) is 17.0 Å². The van der Waals surface area contributed by atoms with Crippen molar-refractivity contribution in [2.75, 3.05) is 24.7 Å². The highest BCUT2D eigenvalue weighted by atomic mass is 35.5. The first-order valence-electron chi connectivity index (χ1n) is 6.42. The molecule has 1 amide bonds. The lowest BCUT2D eigenvalue weighted by Gasteiger charge is -2.33. The number of halogens is 2. The van der Waals surface area contributed by atoms with Crippen LogP contribution in [0.1, 0.15) is 17.4 Å². The van der Waals surface area contributed by atoms with Gasteiger partial charge in [-0.3, -0.25) is 4.79 Å². The molecule has 1 aliphatic heterocycles. The minimum Gasteiger partial charge on any atom is -0.464 e. The molecule has 21 heavy (non-hydrogen) atoms. The first-order chi connectivity index (χ1) is 10.0. The third-order valence-corrected chi connectivity index (χ3v) is 4.50. The fourth-order valence-electron chi connectivity index (χ4n) is 1.98. The van der Waals surface area contributed by atoms with Crippen LogP contribution in [0.4, 0.5) is 0 Å². The second-order valence-corrected chi connectivity index (χ2v) is 6.25. The molecule has 114 valence electrons. The Morgan fingerprint density at radius 3 is 2.95 bits per heavy atom. The lowest BCUT2D eigenvalue weighted by molar-refractivity contribution is -0.147. The van der Waals surface area contributed by atoms with E-state index in [0.29, 0.717) is 12.3 Å². The molecular weight excluding hydrogens is 335 g/mol. The summed E-state index contributed by atoms with van der Waals surface area (Å²) < 4.78 is 5.03. The number of carbonyl (C=O) groups is 2. The van der Waals surface area contributed by atoms with E-state index in [0.717, 1.165) is 5.75 Å². The topological polar surface area (TPSA) is 59.5 Å². The molecule has 0 saturated carbocycles. The maximum absolute atomic E-state index is 12.6. The minimum absolute atomic E-state index is 0.0605. The van der Waals surface area contributed by atoms with Gasteiger partial charge in [-0.1, -0.05) is 23.2 Å². The maximum Gasteiger partial charge on any atom is 0.329 e. The molecule has 0 spiro atoms. The second-order valence-electron chi connectivity index (χ2n) is 4.31. The van der Waals surface area contributed by atoms with Crippen LogP contribution in [0.15, 0.2) is 12.1 Å². The number of pyridine rings is 1. The molecule has 1 saturated heterocycles. The summed E-state index contributed by atoms with van der Waals surface area (Å²) in [5, 5.41) is 0.395. The Hall–Kier alpha value is -0.980. The number of amides is 1. The van der Waals surface area contributed by atoms with Crippen molar-refractivity contribution in [1.29, 1.82) is 0 Å². The number of rotatable bonds is 3. The van der Waals surface area contributed by atoms with Gasteiger partial charge < -0.3 is 9.64 Å². The highest BCUT2D eigenvalue weighted by Crippen LogP contribution is 2.23. The quantitative estimate of drug-likeness (QED) is 0.620. The molecule has 5 nitrogen and oxygen atoms in total. The van der Waals surface area contributed by atoms with E-state index in [1.807, 2.05) is 0 Å². The normalized spacial score (nSPS) is 18.4. The van der Waals surface area contributed by atoms with Crippen LogP contribution in [0.3, 0.4) is 0 Å². The number of aromatic nitrogens is 1. The van der Waals surface area contributed by atoms with Crippen LogP contribution in [-0.2, 0) is 9.53 Å². The monoisotopic (exact) mass is 348 g/mol. The summed E-state index contributed by atoms with van der Waals surface area (Å²) in [5.74, 6) is 0.444. The van der Waals surface area contributed by atoms with Crippen LogP contribution in [0, 0.1) is 0 Å². The van der Waals surface area contributed by atoms with E-state index in [1.54, 1.807) is 18.7 Å². The van der Waals surface area contributed by atoms with Gasteiger partial charge in [-0.05, 0) is 19.1 Å². The van der Waals surface area contributed by atoms with Crippen molar-refractivity contribution in [3.63, 3.8) is 0 Å². The molecule has 1 unspecified atom stereocenters. The highest BCUT2D eigenvalue weighted by Gasteiger charge is 2.35. The summed E-state index contributed by atoms with van der Waals surface area (Å²) in [7, 11) is 0. The zero-order valence-electron chi connectivity index (χ0n) is 11.3. The van der Waals surface area contributed by atoms with Gasteiger partial charge in [0.15, 0.2) is 0 Å². The predicted octanol–water partition coefficient (Wildman–Crippen LogP) is 2.51. The van der Waals surface area contributed by atoms with Gasteiger partial charge in [-0.15, -0.1) is 0 Å². The van der Waals surface area contributed by atoms with E-state index in [4.69, 9.17) is 27.9 Å². The van der Waals surface area contributed by atoms with E-state index in [2.05, 4.69) is 4.98 Å². The third-order valence-electron chi connectivity index (χ3n) is 2.96. The molecule has 8 heteroatoms. The molecule has 2 heterocycles. The standard InChI is InChI=1S/C13H14Cl2N2O3S/c1-2-20-13(19)9-7-21-6-5-17(9)12(18)11-8(14)3-4-10(15)16-11/h3-4,9H,2,5-7H2,1H3. The molecule has 2 rings (SSSR count). The average Bonchev–Trinajstić information content (AvgIpc) is 2.49. The smallest absolute Gasteiger partial charge is 0.329 e. The Morgan fingerprint density at radius 1 is 1.48 bits per heavy atom. The van der Waals surface area contributed by atoms with E-state index in [9.17, 15) is 9.59 Å². The number of hydrogen-bond acceptors (Lipinski definition) is 5. The van der Waals surface area contributed by atoms with Gasteiger partial charge >= 0.3 is 5.97 Å². The number of ether oxygens (including phenoxy) is 1. The van der Waals surface area contributed by atoms with Crippen LogP contribution >= 0.6 is 35.0 Å². The molecule has 1 aromatic rings. The minimum atomic E-state index is -0.618. The summed E-state index contributed by atoms with van der Waals surface area (Å²) in [6.45, 7) is 2.45. The van der Waals surface area contributed by atoms with Gasteiger partial charge in [0.05, 0.1) is 11.6 Å². The van der Waals surface area contributed by atoms with Gasteiger partial charge in [0.2, 0.25) is 0 Å². The predicted molar refractivity (Wildman–Crippen MR) is 83.0 cm³/mol. The highest BCUT2D eigenvalue weighted by molar-refractivity contribution is 7.99. The fraction of sp³-hybridized carbons (Fsp3) is 0.462. The Labute approximate surface area is 136 Å². The first kappa shape index (κ1) is 16.4. The summed E-state index contributed by atoms with van der Waals surface area (Å²) in [4.78, 5) is 30.0. The summed E-state index contributed by atoms with van der Waals surface area (Å²) >= 11 is 13.4. The van der Waals surface area contributed by atoms with Gasteiger partial charge in [-0.2, -0.15) is 11.8 Å². The van der Waals surface area contributed by atoms with Gasteiger partial charge in [0, 0.05) is 18.1 Å².